The fourth-order valence-electron chi connectivity index (χ4n) is 3.61. The van der Waals surface area contributed by atoms with Crippen molar-refractivity contribution >= 4 is 40.1 Å². The number of anilines is 1. The number of aromatic nitrogens is 1. The van der Waals surface area contributed by atoms with Crippen LogP contribution in [0.1, 0.15) is 12.8 Å². The summed E-state index contributed by atoms with van der Waals surface area (Å²) in [5.41, 5.74) is 4.13. The first-order valence-corrected chi connectivity index (χ1v) is 10.0. The summed E-state index contributed by atoms with van der Waals surface area (Å²) in [6.45, 7) is 2.04. The molecule has 1 aromatic heterocycles. The van der Waals surface area contributed by atoms with Gasteiger partial charge in [-0.15, -0.1) is 0 Å². The van der Waals surface area contributed by atoms with E-state index in [0.717, 1.165) is 64.4 Å². The molecule has 0 amide bonds. The van der Waals surface area contributed by atoms with Gasteiger partial charge in [0.25, 0.3) is 0 Å². The lowest BCUT2D eigenvalue weighted by Crippen LogP contribution is -2.34. The second kappa shape index (κ2) is 6.65. The Labute approximate surface area is 161 Å². The smallest absolute Gasteiger partial charge is 0.120 e. The Morgan fingerprint density at radius 1 is 1.12 bits per heavy atom. The Morgan fingerprint density at radius 3 is 2.88 bits per heavy atom. The van der Waals surface area contributed by atoms with Crippen molar-refractivity contribution in [2.75, 3.05) is 17.8 Å². The summed E-state index contributed by atoms with van der Waals surface area (Å²) in [6, 6.07) is 12.2. The van der Waals surface area contributed by atoms with Crippen LogP contribution in [-0.4, -0.2) is 24.2 Å². The van der Waals surface area contributed by atoms with E-state index in [0.29, 0.717) is 0 Å². The number of rotatable bonds is 2. The SMILES string of the molecule is Clc1cc2c(c3ncccc13)NSc1ccc(OC3CCNCC3)cc1-2. The molecule has 6 heteroatoms. The van der Waals surface area contributed by atoms with E-state index in [2.05, 4.69) is 33.2 Å². The largest absolute Gasteiger partial charge is 0.490 e. The van der Waals surface area contributed by atoms with E-state index in [4.69, 9.17) is 16.3 Å². The molecule has 0 radical (unpaired) electrons. The highest BCUT2D eigenvalue weighted by Crippen LogP contribution is 2.47. The van der Waals surface area contributed by atoms with Crippen LogP contribution < -0.4 is 14.8 Å². The van der Waals surface area contributed by atoms with Crippen molar-refractivity contribution in [1.82, 2.24) is 10.3 Å². The Morgan fingerprint density at radius 2 is 2.00 bits per heavy atom. The molecule has 2 N–H and O–H groups in total. The quantitative estimate of drug-likeness (QED) is 0.601. The van der Waals surface area contributed by atoms with E-state index < -0.39 is 0 Å². The van der Waals surface area contributed by atoms with E-state index in [1.165, 1.54) is 4.90 Å². The van der Waals surface area contributed by atoms with Gasteiger partial charge in [-0.2, -0.15) is 0 Å². The van der Waals surface area contributed by atoms with Crippen LogP contribution in [0.3, 0.4) is 0 Å². The van der Waals surface area contributed by atoms with Gasteiger partial charge in [-0.3, -0.25) is 4.98 Å². The Kier molecular flexibility index (Phi) is 4.15. The lowest BCUT2D eigenvalue weighted by atomic mass is 10.0. The standard InChI is InChI=1S/C20H18ClN3OS/c21-17-11-16-15-10-13(25-12-5-8-22-9-6-12)3-4-18(15)26-24-20(16)19-14(17)2-1-7-23-19/h1-4,7,10-12,22,24H,5-6,8-9H2. The first kappa shape index (κ1) is 16.2. The van der Waals surface area contributed by atoms with Gasteiger partial charge in [0.05, 0.1) is 16.2 Å². The summed E-state index contributed by atoms with van der Waals surface area (Å²) >= 11 is 8.15. The number of pyridine rings is 1. The number of benzene rings is 2. The summed E-state index contributed by atoms with van der Waals surface area (Å²) in [6.07, 6.45) is 4.18. The summed E-state index contributed by atoms with van der Waals surface area (Å²) < 4.78 is 9.67. The van der Waals surface area contributed by atoms with Crippen LogP contribution in [0.25, 0.3) is 22.0 Å². The lowest BCUT2D eigenvalue weighted by molar-refractivity contribution is 0.162. The molecule has 0 unspecified atom stereocenters. The van der Waals surface area contributed by atoms with E-state index >= 15 is 0 Å². The molecule has 4 nitrogen and oxygen atoms in total. The molecule has 2 aliphatic heterocycles. The van der Waals surface area contributed by atoms with Crippen molar-refractivity contribution in [3.05, 3.63) is 47.6 Å². The summed E-state index contributed by atoms with van der Waals surface area (Å²) in [5.74, 6) is 0.918. The predicted octanol–water partition coefficient (Wildman–Crippen LogP) is 5.12. The minimum absolute atomic E-state index is 0.282. The van der Waals surface area contributed by atoms with Crippen molar-refractivity contribution in [2.45, 2.75) is 23.8 Å². The molecule has 0 saturated carbocycles. The van der Waals surface area contributed by atoms with Gasteiger partial charge >= 0.3 is 0 Å². The molecule has 1 fully saturated rings. The Hall–Kier alpha value is -1.95. The molecule has 1 saturated heterocycles. The van der Waals surface area contributed by atoms with Crippen molar-refractivity contribution < 1.29 is 4.74 Å². The zero-order chi connectivity index (χ0) is 17.5. The molecule has 5 rings (SSSR count). The number of hydrogen-bond donors (Lipinski definition) is 2. The highest BCUT2D eigenvalue weighted by atomic mass is 35.5. The third kappa shape index (κ3) is 2.80. The number of halogens is 1. The van der Waals surface area contributed by atoms with Crippen LogP contribution in [0.15, 0.2) is 47.5 Å². The number of piperidine rings is 1. The molecule has 0 spiro atoms. The summed E-state index contributed by atoms with van der Waals surface area (Å²) in [5, 5.41) is 5.06. The fraction of sp³-hybridized carbons (Fsp3) is 0.250. The molecule has 0 aliphatic carbocycles. The average Bonchev–Trinajstić information content (AvgIpc) is 2.69. The minimum atomic E-state index is 0.282. The average molecular weight is 384 g/mol. The van der Waals surface area contributed by atoms with E-state index in [1.807, 2.05) is 18.2 Å². The zero-order valence-corrected chi connectivity index (χ0v) is 15.7. The van der Waals surface area contributed by atoms with Crippen molar-refractivity contribution in [3.8, 4) is 16.9 Å². The molecular formula is C20H18ClN3OS. The molecule has 2 aromatic carbocycles. The maximum Gasteiger partial charge on any atom is 0.120 e. The molecule has 0 atom stereocenters. The van der Waals surface area contributed by atoms with Crippen LogP contribution in [0, 0.1) is 0 Å². The van der Waals surface area contributed by atoms with E-state index in [-0.39, 0.29) is 6.10 Å². The fourth-order valence-corrected chi connectivity index (χ4v) is 4.71. The van der Waals surface area contributed by atoms with Gasteiger partial charge in [0, 0.05) is 27.6 Å². The number of hydrogen-bond acceptors (Lipinski definition) is 5. The van der Waals surface area contributed by atoms with E-state index in [1.54, 1.807) is 18.1 Å². The molecule has 3 heterocycles. The van der Waals surface area contributed by atoms with Crippen LogP contribution in [0.4, 0.5) is 5.69 Å². The van der Waals surface area contributed by atoms with Gasteiger partial charge < -0.3 is 14.8 Å². The number of nitrogens with one attached hydrogen (secondary N) is 2. The third-order valence-corrected chi connectivity index (χ3v) is 6.13. The van der Waals surface area contributed by atoms with Crippen molar-refractivity contribution in [3.63, 3.8) is 0 Å². The number of nitrogens with zero attached hydrogens (tertiary/aromatic N) is 1. The van der Waals surface area contributed by atoms with Crippen LogP contribution >= 0.6 is 23.5 Å². The number of fused-ring (bicyclic) bond motifs is 5. The summed E-state index contributed by atoms with van der Waals surface area (Å²) in [7, 11) is 0. The van der Waals surface area contributed by atoms with Gasteiger partial charge in [-0.1, -0.05) is 11.6 Å². The zero-order valence-electron chi connectivity index (χ0n) is 14.1. The molecular weight excluding hydrogens is 366 g/mol. The second-order valence-corrected chi connectivity index (χ2v) is 7.87. The first-order chi connectivity index (χ1) is 12.8. The monoisotopic (exact) mass is 383 g/mol. The van der Waals surface area contributed by atoms with Crippen LogP contribution in [0.5, 0.6) is 5.75 Å². The van der Waals surface area contributed by atoms with Gasteiger partial charge in [0.15, 0.2) is 0 Å². The van der Waals surface area contributed by atoms with Crippen LogP contribution in [0.2, 0.25) is 5.02 Å². The highest BCUT2D eigenvalue weighted by molar-refractivity contribution is 8.00. The maximum absolute atomic E-state index is 6.54. The number of ether oxygens (including phenoxy) is 1. The molecule has 132 valence electrons. The van der Waals surface area contributed by atoms with Gasteiger partial charge in [-0.25, -0.2) is 0 Å². The van der Waals surface area contributed by atoms with Gasteiger partial charge in [0.2, 0.25) is 0 Å². The topological polar surface area (TPSA) is 46.2 Å². The minimum Gasteiger partial charge on any atom is -0.490 e. The molecule has 3 aromatic rings. The second-order valence-electron chi connectivity index (χ2n) is 6.61. The molecule has 0 bridgehead atoms. The van der Waals surface area contributed by atoms with Gasteiger partial charge in [0.1, 0.15) is 11.9 Å². The third-order valence-electron chi connectivity index (χ3n) is 4.94. The predicted molar refractivity (Wildman–Crippen MR) is 108 cm³/mol. The summed E-state index contributed by atoms with van der Waals surface area (Å²) in [4.78, 5) is 5.71. The lowest BCUT2D eigenvalue weighted by Gasteiger charge is -2.26. The molecule has 26 heavy (non-hydrogen) atoms. The van der Waals surface area contributed by atoms with E-state index in [9.17, 15) is 0 Å². The Bertz CT molecular complexity index is 988. The van der Waals surface area contributed by atoms with Crippen molar-refractivity contribution in [2.24, 2.45) is 0 Å². The first-order valence-electron chi connectivity index (χ1n) is 8.81. The maximum atomic E-state index is 6.54. The normalized spacial score (nSPS) is 16.7. The Balaban J connectivity index is 1.59. The van der Waals surface area contributed by atoms with Gasteiger partial charge in [-0.05, 0) is 74.3 Å². The van der Waals surface area contributed by atoms with Crippen LogP contribution in [-0.2, 0) is 0 Å². The molecule has 2 aliphatic rings. The van der Waals surface area contributed by atoms with Crippen molar-refractivity contribution in [1.29, 1.82) is 0 Å². The highest BCUT2D eigenvalue weighted by Gasteiger charge is 2.22.